The third-order valence-electron chi connectivity index (χ3n) is 3.94. The van der Waals surface area contributed by atoms with Crippen molar-refractivity contribution in [2.75, 3.05) is 19.7 Å². The largest absolute Gasteiger partial charge is 0.476 e. The highest BCUT2D eigenvalue weighted by Crippen LogP contribution is 2.20. The van der Waals surface area contributed by atoms with Crippen LogP contribution >= 0.6 is 24.0 Å². The maximum Gasteiger partial charge on any atom is 0.349 e. The van der Waals surface area contributed by atoms with Crippen LogP contribution in [-0.4, -0.2) is 37.2 Å². The second-order valence-corrected chi connectivity index (χ2v) is 7.13. The number of hydrogen-bond donors (Lipinski definition) is 2. The summed E-state index contributed by atoms with van der Waals surface area (Å²) >= 11 is 5.82. The number of nitrogens with one attached hydrogen (secondary N) is 1. The van der Waals surface area contributed by atoms with Gasteiger partial charge in [0.25, 0.3) is 5.91 Å². The third-order valence-corrected chi connectivity index (χ3v) is 4.20. The van der Waals surface area contributed by atoms with Gasteiger partial charge in [-0.05, 0) is 62.2 Å². The quantitative estimate of drug-likeness (QED) is 0.583. The van der Waals surface area contributed by atoms with E-state index in [1.807, 2.05) is 12.1 Å². The van der Waals surface area contributed by atoms with Crippen LogP contribution in [0.2, 0.25) is 5.02 Å². The summed E-state index contributed by atoms with van der Waals surface area (Å²) in [7, 11) is 0. The molecule has 0 radical (unpaired) electrons. The number of nitrogens with two attached hydrogens (primary N) is 1. The highest BCUT2D eigenvalue weighted by Gasteiger charge is 2.31. The van der Waals surface area contributed by atoms with E-state index in [1.54, 1.807) is 50.2 Å². The van der Waals surface area contributed by atoms with E-state index in [9.17, 15) is 9.59 Å². The van der Waals surface area contributed by atoms with Gasteiger partial charge in [0.15, 0.2) is 5.60 Å². The molecule has 1 amide bonds. The highest BCUT2D eigenvalue weighted by atomic mass is 35.5. The topological polar surface area (TPSA) is 90.6 Å². The molecule has 2 rings (SSSR count). The van der Waals surface area contributed by atoms with Crippen LogP contribution in [-0.2, 0) is 16.0 Å². The van der Waals surface area contributed by atoms with Crippen molar-refractivity contribution in [2.24, 2.45) is 5.73 Å². The van der Waals surface area contributed by atoms with Crippen LogP contribution in [0.25, 0.3) is 0 Å². The molecule has 3 N–H and O–H groups in total. The van der Waals surface area contributed by atoms with Gasteiger partial charge in [-0.3, -0.25) is 4.79 Å². The minimum atomic E-state index is -1.11. The molecular formula is C21H26Cl2N2O4. The molecule has 0 heterocycles. The van der Waals surface area contributed by atoms with Gasteiger partial charge in [-0.25, -0.2) is 4.79 Å². The highest BCUT2D eigenvalue weighted by molar-refractivity contribution is 6.30. The number of ether oxygens (including phenoxy) is 2. The van der Waals surface area contributed by atoms with Crippen molar-refractivity contribution >= 4 is 35.9 Å². The first-order valence-electron chi connectivity index (χ1n) is 9.01. The molecule has 158 valence electrons. The average Bonchev–Trinajstić information content (AvgIpc) is 2.67. The second-order valence-electron chi connectivity index (χ2n) is 6.69. The Labute approximate surface area is 182 Å². The molecule has 0 saturated heterocycles. The third kappa shape index (κ3) is 7.93. The van der Waals surface area contributed by atoms with Crippen LogP contribution in [0.15, 0.2) is 48.5 Å². The Morgan fingerprint density at radius 2 is 1.69 bits per heavy atom. The lowest BCUT2D eigenvalue weighted by atomic mass is 10.1. The Morgan fingerprint density at radius 3 is 2.28 bits per heavy atom. The first kappa shape index (κ1) is 24.8. The van der Waals surface area contributed by atoms with Crippen molar-refractivity contribution in [3.05, 3.63) is 64.7 Å². The molecule has 8 heteroatoms. The smallest absolute Gasteiger partial charge is 0.349 e. The van der Waals surface area contributed by atoms with E-state index in [0.717, 1.165) is 5.56 Å². The van der Waals surface area contributed by atoms with E-state index in [0.29, 0.717) is 29.3 Å². The van der Waals surface area contributed by atoms with E-state index in [2.05, 4.69) is 5.32 Å². The second kappa shape index (κ2) is 11.7. The number of rotatable bonds is 9. The molecule has 0 aliphatic carbocycles. The van der Waals surface area contributed by atoms with Crippen molar-refractivity contribution in [2.45, 2.75) is 25.9 Å². The molecule has 0 aliphatic rings. The molecule has 2 aromatic carbocycles. The van der Waals surface area contributed by atoms with Gasteiger partial charge in [-0.2, -0.15) is 0 Å². The maximum atomic E-state index is 12.1. The van der Waals surface area contributed by atoms with Crippen molar-refractivity contribution in [3.63, 3.8) is 0 Å². The van der Waals surface area contributed by atoms with E-state index >= 15 is 0 Å². The lowest BCUT2D eigenvalue weighted by molar-refractivity contribution is -0.158. The van der Waals surface area contributed by atoms with Gasteiger partial charge in [0.2, 0.25) is 0 Å². The molecule has 0 aliphatic heterocycles. The average molecular weight is 441 g/mol. The molecule has 0 saturated carbocycles. The van der Waals surface area contributed by atoms with Crippen LogP contribution in [0.1, 0.15) is 29.8 Å². The molecule has 0 atom stereocenters. The van der Waals surface area contributed by atoms with Crippen molar-refractivity contribution in [1.29, 1.82) is 0 Å². The summed E-state index contributed by atoms with van der Waals surface area (Å²) in [6.07, 6.45) is 0.668. The fraction of sp³-hybridized carbons (Fsp3) is 0.333. The first-order chi connectivity index (χ1) is 13.3. The number of benzene rings is 2. The summed E-state index contributed by atoms with van der Waals surface area (Å²) in [4.78, 5) is 24.1. The molecule has 0 bridgehead atoms. The Hall–Kier alpha value is -2.28. The standard InChI is InChI=1S/C21H25ClN2O4.ClH/c1-21(2,20(26)27-14-12-23)28-18-9-3-15(4-10-18)11-13-24-19(25)16-5-7-17(22)8-6-16;/h3-10H,11-14,23H2,1-2H3,(H,24,25);1H. The minimum Gasteiger partial charge on any atom is -0.476 e. The fourth-order valence-electron chi connectivity index (χ4n) is 2.41. The molecule has 2 aromatic rings. The van der Waals surface area contributed by atoms with E-state index in [1.165, 1.54) is 0 Å². The number of amides is 1. The van der Waals surface area contributed by atoms with E-state index in [4.69, 9.17) is 26.8 Å². The number of hydrogen-bond acceptors (Lipinski definition) is 5. The van der Waals surface area contributed by atoms with Crippen LogP contribution in [0.3, 0.4) is 0 Å². The van der Waals surface area contributed by atoms with Crippen LogP contribution in [0, 0.1) is 0 Å². The zero-order chi connectivity index (χ0) is 20.6. The van der Waals surface area contributed by atoms with E-state index in [-0.39, 0.29) is 31.5 Å². The molecule has 0 aromatic heterocycles. The Bertz CT molecular complexity index is 793. The van der Waals surface area contributed by atoms with Crippen molar-refractivity contribution < 1.29 is 19.1 Å². The first-order valence-corrected chi connectivity index (χ1v) is 9.38. The number of carbonyl (C=O) groups is 2. The van der Waals surface area contributed by atoms with Crippen molar-refractivity contribution in [1.82, 2.24) is 5.32 Å². The fourth-order valence-corrected chi connectivity index (χ4v) is 2.54. The normalized spacial score (nSPS) is 10.6. The van der Waals surface area contributed by atoms with Gasteiger partial charge in [0, 0.05) is 23.7 Å². The summed E-state index contributed by atoms with van der Waals surface area (Å²) in [5.74, 6) is -0.0510. The Balaban J connectivity index is 0.00000420. The lowest BCUT2D eigenvalue weighted by Crippen LogP contribution is -2.40. The zero-order valence-corrected chi connectivity index (χ0v) is 18.0. The summed E-state index contributed by atoms with van der Waals surface area (Å²) in [6, 6.07) is 14.1. The molecule has 29 heavy (non-hydrogen) atoms. The van der Waals surface area contributed by atoms with E-state index < -0.39 is 11.6 Å². The maximum absolute atomic E-state index is 12.1. The molecule has 0 fully saturated rings. The monoisotopic (exact) mass is 440 g/mol. The van der Waals surface area contributed by atoms with Gasteiger partial charge in [-0.15, -0.1) is 12.4 Å². The summed E-state index contributed by atoms with van der Waals surface area (Å²) in [5, 5.41) is 3.46. The molecular weight excluding hydrogens is 415 g/mol. The van der Waals surface area contributed by atoms with Gasteiger partial charge in [-0.1, -0.05) is 23.7 Å². The summed E-state index contributed by atoms with van der Waals surface area (Å²) < 4.78 is 10.8. The van der Waals surface area contributed by atoms with Crippen LogP contribution in [0.5, 0.6) is 5.75 Å². The van der Waals surface area contributed by atoms with Gasteiger partial charge >= 0.3 is 5.97 Å². The predicted molar refractivity (Wildman–Crippen MR) is 116 cm³/mol. The van der Waals surface area contributed by atoms with Gasteiger partial charge in [0.05, 0.1) is 0 Å². The summed E-state index contributed by atoms with van der Waals surface area (Å²) in [6.45, 7) is 4.22. The van der Waals surface area contributed by atoms with Crippen LogP contribution in [0.4, 0.5) is 0 Å². The van der Waals surface area contributed by atoms with Gasteiger partial charge < -0.3 is 20.5 Å². The number of halogens is 2. The van der Waals surface area contributed by atoms with Crippen LogP contribution < -0.4 is 15.8 Å². The SMILES string of the molecule is CC(C)(Oc1ccc(CCNC(=O)c2ccc(Cl)cc2)cc1)C(=O)OCCN.Cl. The molecule has 0 unspecified atom stereocenters. The minimum absolute atomic E-state index is 0. The predicted octanol–water partition coefficient (Wildman–Crippen LogP) is 3.39. The Kier molecular flexibility index (Phi) is 9.95. The number of carbonyl (C=O) groups excluding carboxylic acids is 2. The Morgan fingerprint density at radius 1 is 1.07 bits per heavy atom. The number of esters is 1. The lowest BCUT2D eigenvalue weighted by Gasteiger charge is -2.24. The molecule has 0 spiro atoms. The van der Waals surface area contributed by atoms with Crippen molar-refractivity contribution in [3.8, 4) is 5.75 Å². The van der Waals surface area contributed by atoms with Gasteiger partial charge in [0.1, 0.15) is 12.4 Å². The molecule has 6 nitrogen and oxygen atoms in total. The summed E-state index contributed by atoms with van der Waals surface area (Å²) in [5.41, 5.74) is 5.83. The zero-order valence-electron chi connectivity index (χ0n) is 16.4.